The average molecular weight is 380 g/mol. The Kier molecular flexibility index (Phi) is 4.23. The second-order valence-electron chi connectivity index (χ2n) is 5.66. The van der Waals surface area contributed by atoms with Crippen molar-refractivity contribution in [1.82, 2.24) is 10.3 Å². The number of nitrogens with two attached hydrogens (primary N) is 1. The number of thiol groups is 1. The second kappa shape index (κ2) is 6.01. The monoisotopic (exact) mass is 379 g/mol. The lowest BCUT2D eigenvalue weighted by atomic mass is 9.91. The molecule has 0 aliphatic heterocycles. The molecular weight excluding hydrogens is 362 g/mol. The van der Waals surface area contributed by atoms with Crippen molar-refractivity contribution in [3.8, 4) is 0 Å². The fourth-order valence-electron chi connectivity index (χ4n) is 2.98. The van der Waals surface area contributed by atoms with E-state index in [4.69, 9.17) is 5.73 Å². The first-order valence-electron chi connectivity index (χ1n) is 7.23. The van der Waals surface area contributed by atoms with Crippen LogP contribution >= 0.6 is 28.6 Å². The number of hydrogen-bond acceptors (Lipinski definition) is 3. The number of amides is 1. The van der Waals surface area contributed by atoms with Gasteiger partial charge in [0.05, 0.1) is 10.9 Å². The van der Waals surface area contributed by atoms with E-state index in [1.807, 2.05) is 6.07 Å². The van der Waals surface area contributed by atoms with Gasteiger partial charge in [-0.25, -0.2) is 0 Å². The average Bonchev–Trinajstić information content (AvgIpc) is 2.85. The van der Waals surface area contributed by atoms with Gasteiger partial charge in [-0.15, -0.1) is 12.6 Å². The summed E-state index contributed by atoms with van der Waals surface area (Å²) in [7, 11) is 0. The van der Waals surface area contributed by atoms with Crippen molar-refractivity contribution in [1.29, 1.82) is 0 Å². The SMILES string of the molecule is C/C(N)=C(/S)C(=O)NC1CCCc2c1[nH]c1ccc(Br)cc21. The largest absolute Gasteiger partial charge is 0.401 e. The third-order valence-corrected chi connectivity index (χ3v) is 5.11. The molecule has 1 heterocycles. The highest BCUT2D eigenvalue weighted by Crippen LogP contribution is 2.36. The number of halogens is 1. The summed E-state index contributed by atoms with van der Waals surface area (Å²) in [5.74, 6) is -0.221. The van der Waals surface area contributed by atoms with Crippen molar-refractivity contribution in [2.24, 2.45) is 5.73 Å². The number of carbonyl (C=O) groups is 1. The van der Waals surface area contributed by atoms with Crippen LogP contribution in [0, 0.1) is 0 Å². The minimum absolute atomic E-state index is 0.0241. The zero-order valence-electron chi connectivity index (χ0n) is 12.2. The Morgan fingerprint density at radius 3 is 3.00 bits per heavy atom. The molecule has 1 aliphatic rings. The molecule has 1 aromatic heterocycles. The number of hydrogen-bond donors (Lipinski definition) is 4. The van der Waals surface area contributed by atoms with E-state index in [0.717, 1.165) is 34.9 Å². The van der Waals surface area contributed by atoms with E-state index in [2.05, 4.69) is 51.0 Å². The first-order valence-corrected chi connectivity index (χ1v) is 8.47. The van der Waals surface area contributed by atoms with Crippen LogP contribution in [-0.2, 0) is 11.2 Å². The van der Waals surface area contributed by atoms with E-state index >= 15 is 0 Å². The molecule has 2 aromatic rings. The van der Waals surface area contributed by atoms with Crippen molar-refractivity contribution in [2.75, 3.05) is 0 Å². The van der Waals surface area contributed by atoms with Gasteiger partial charge in [0.1, 0.15) is 0 Å². The molecule has 1 aromatic carbocycles. The summed E-state index contributed by atoms with van der Waals surface area (Å²) in [6.07, 6.45) is 2.99. The lowest BCUT2D eigenvalue weighted by molar-refractivity contribution is -0.117. The molecule has 4 nitrogen and oxygen atoms in total. The lowest BCUT2D eigenvalue weighted by Gasteiger charge is -2.24. The maximum absolute atomic E-state index is 12.2. The number of allylic oxidation sites excluding steroid dienone is 1. The third kappa shape index (κ3) is 2.77. The third-order valence-electron chi connectivity index (χ3n) is 4.06. The molecule has 0 bridgehead atoms. The predicted octanol–water partition coefficient (Wildman–Crippen LogP) is 3.54. The first-order chi connectivity index (χ1) is 10.5. The Labute approximate surface area is 143 Å². The predicted molar refractivity (Wildman–Crippen MR) is 95.7 cm³/mol. The molecule has 6 heteroatoms. The lowest BCUT2D eigenvalue weighted by Crippen LogP contribution is -2.31. The summed E-state index contributed by atoms with van der Waals surface area (Å²) in [6, 6.07) is 6.18. The van der Waals surface area contributed by atoms with Crippen molar-refractivity contribution in [2.45, 2.75) is 32.2 Å². The van der Waals surface area contributed by atoms with Crippen LogP contribution in [0.2, 0.25) is 0 Å². The number of carbonyl (C=O) groups excluding carboxylic acids is 1. The number of fused-ring (bicyclic) bond motifs is 3. The van der Waals surface area contributed by atoms with Crippen LogP contribution in [0.15, 0.2) is 33.3 Å². The molecule has 0 fully saturated rings. The zero-order chi connectivity index (χ0) is 15.9. The van der Waals surface area contributed by atoms with Crippen LogP contribution in [0.5, 0.6) is 0 Å². The molecule has 0 saturated heterocycles. The molecule has 0 spiro atoms. The van der Waals surface area contributed by atoms with Gasteiger partial charge in [-0.1, -0.05) is 15.9 Å². The van der Waals surface area contributed by atoms with Crippen LogP contribution in [0.3, 0.4) is 0 Å². The summed E-state index contributed by atoms with van der Waals surface area (Å²) in [5.41, 5.74) is 9.57. The highest BCUT2D eigenvalue weighted by atomic mass is 79.9. The Balaban J connectivity index is 1.97. The molecule has 3 rings (SSSR count). The van der Waals surface area contributed by atoms with Gasteiger partial charge in [0.2, 0.25) is 0 Å². The van der Waals surface area contributed by atoms with Gasteiger partial charge in [0.15, 0.2) is 0 Å². The standard InChI is InChI=1S/C16H18BrN3OS/c1-8(18)15(22)16(21)20-13-4-2-3-10-11-7-9(17)5-6-12(11)19-14(10)13/h5-7,13,19,22H,2-4,18H2,1H3,(H,20,21)/b15-8-. The van der Waals surface area contributed by atoms with Crippen LogP contribution < -0.4 is 11.1 Å². The number of rotatable bonds is 2. The van der Waals surface area contributed by atoms with Gasteiger partial charge >= 0.3 is 0 Å². The molecule has 0 radical (unpaired) electrons. The van der Waals surface area contributed by atoms with E-state index in [1.165, 1.54) is 10.9 Å². The molecule has 1 amide bonds. The van der Waals surface area contributed by atoms with Gasteiger partial charge in [0.25, 0.3) is 5.91 Å². The van der Waals surface area contributed by atoms with Crippen LogP contribution in [-0.4, -0.2) is 10.9 Å². The topological polar surface area (TPSA) is 70.9 Å². The maximum atomic E-state index is 12.2. The molecule has 116 valence electrons. The Morgan fingerprint density at radius 1 is 1.50 bits per heavy atom. The van der Waals surface area contributed by atoms with Crippen molar-refractivity contribution in [3.63, 3.8) is 0 Å². The fraction of sp³-hybridized carbons (Fsp3) is 0.312. The molecule has 1 unspecified atom stereocenters. The number of aromatic nitrogens is 1. The summed E-state index contributed by atoms with van der Waals surface area (Å²) in [5, 5.41) is 4.26. The van der Waals surface area contributed by atoms with Gasteiger partial charge in [-0.3, -0.25) is 4.79 Å². The molecule has 1 aliphatic carbocycles. The maximum Gasteiger partial charge on any atom is 0.259 e. The molecule has 0 saturated carbocycles. The Bertz CT molecular complexity index is 777. The molecule has 1 atom stereocenters. The zero-order valence-corrected chi connectivity index (χ0v) is 14.7. The summed E-state index contributed by atoms with van der Waals surface area (Å²) < 4.78 is 1.06. The van der Waals surface area contributed by atoms with Gasteiger partial charge in [-0.05, 0) is 49.9 Å². The second-order valence-corrected chi connectivity index (χ2v) is 7.02. The Hall–Kier alpha value is -1.40. The van der Waals surface area contributed by atoms with Crippen LogP contribution in [0.4, 0.5) is 0 Å². The number of benzene rings is 1. The summed E-state index contributed by atoms with van der Waals surface area (Å²) in [6.45, 7) is 1.68. The van der Waals surface area contributed by atoms with Gasteiger partial charge in [0, 0.05) is 26.8 Å². The van der Waals surface area contributed by atoms with Gasteiger partial charge in [-0.2, -0.15) is 0 Å². The van der Waals surface area contributed by atoms with Crippen molar-refractivity contribution in [3.05, 3.63) is 44.5 Å². The van der Waals surface area contributed by atoms with Crippen LogP contribution in [0.1, 0.15) is 37.1 Å². The van der Waals surface area contributed by atoms with Gasteiger partial charge < -0.3 is 16.0 Å². The minimum Gasteiger partial charge on any atom is -0.401 e. The van der Waals surface area contributed by atoms with Crippen LogP contribution in [0.25, 0.3) is 10.9 Å². The minimum atomic E-state index is -0.221. The summed E-state index contributed by atoms with van der Waals surface area (Å²) in [4.78, 5) is 15.9. The van der Waals surface area contributed by atoms with E-state index in [9.17, 15) is 4.79 Å². The van der Waals surface area contributed by atoms with E-state index < -0.39 is 0 Å². The molecule has 22 heavy (non-hydrogen) atoms. The molecular formula is C16H18BrN3OS. The smallest absolute Gasteiger partial charge is 0.259 e. The number of aryl methyl sites for hydroxylation is 1. The fourth-order valence-corrected chi connectivity index (χ4v) is 3.41. The Morgan fingerprint density at radius 2 is 2.27 bits per heavy atom. The summed E-state index contributed by atoms with van der Waals surface area (Å²) >= 11 is 7.70. The first kappa shape index (κ1) is 15.5. The molecule has 4 N–H and O–H groups in total. The highest BCUT2D eigenvalue weighted by Gasteiger charge is 2.26. The highest BCUT2D eigenvalue weighted by molar-refractivity contribution is 9.10. The normalized spacial score (nSPS) is 18.8. The van der Waals surface area contributed by atoms with E-state index in [1.54, 1.807) is 6.92 Å². The van der Waals surface area contributed by atoms with Crippen molar-refractivity contribution >= 4 is 45.4 Å². The van der Waals surface area contributed by atoms with E-state index in [-0.39, 0.29) is 16.9 Å². The quantitative estimate of drug-likeness (QED) is 0.475. The number of nitrogens with one attached hydrogen (secondary N) is 2. The van der Waals surface area contributed by atoms with Crippen molar-refractivity contribution < 1.29 is 4.79 Å². The van der Waals surface area contributed by atoms with E-state index in [0.29, 0.717) is 5.70 Å². The number of aromatic amines is 1. The number of H-pyrrole nitrogens is 1.